The molecule has 1 aromatic rings. The Balaban J connectivity index is 2.96. The molecule has 0 amide bonds. The van der Waals surface area contributed by atoms with Gasteiger partial charge >= 0.3 is 0 Å². The summed E-state index contributed by atoms with van der Waals surface area (Å²) in [7, 11) is 2.15. The molecule has 1 N–H and O–H groups in total. The van der Waals surface area contributed by atoms with Crippen molar-refractivity contribution in [2.45, 2.75) is 45.8 Å². The van der Waals surface area contributed by atoms with E-state index < -0.39 is 0 Å². The standard InChI is InChI=1S/C15H26BrN3S/c1-6-14(10-20-5)19(4)15-12(8-17-11(2)3)7-13(16)9-18-15/h7,9,11,14,17H,6,8,10H2,1-5H3. The molecule has 1 heterocycles. The molecule has 0 aromatic carbocycles. The van der Waals surface area contributed by atoms with Crippen LogP contribution in [0.5, 0.6) is 0 Å². The zero-order valence-corrected chi connectivity index (χ0v) is 15.5. The van der Waals surface area contributed by atoms with Crippen LogP contribution in [0.4, 0.5) is 5.82 Å². The Morgan fingerprint density at radius 3 is 2.70 bits per heavy atom. The van der Waals surface area contributed by atoms with Crippen molar-refractivity contribution >= 4 is 33.5 Å². The normalized spacial score (nSPS) is 12.8. The largest absolute Gasteiger partial charge is 0.356 e. The predicted octanol–water partition coefficient (Wildman–Crippen LogP) is 3.92. The van der Waals surface area contributed by atoms with Gasteiger partial charge in [-0.25, -0.2) is 4.98 Å². The molecule has 1 unspecified atom stereocenters. The van der Waals surface area contributed by atoms with E-state index in [-0.39, 0.29) is 0 Å². The Kier molecular flexibility index (Phi) is 7.92. The van der Waals surface area contributed by atoms with Gasteiger partial charge in [0.05, 0.1) is 0 Å². The van der Waals surface area contributed by atoms with Crippen LogP contribution in [-0.2, 0) is 6.54 Å². The summed E-state index contributed by atoms with van der Waals surface area (Å²) < 4.78 is 1.04. The Bertz CT molecular complexity index is 412. The first-order chi connectivity index (χ1) is 9.49. The van der Waals surface area contributed by atoms with Gasteiger partial charge < -0.3 is 10.2 Å². The lowest BCUT2D eigenvalue weighted by atomic mass is 10.2. The van der Waals surface area contributed by atoms with Crippen molar-refractivity contribution in [3.8, 4) is 0 Å². The molecule has 0 bridgehead atoms. The highest BCUT2D eigenvalue weighted by Crippen LogP contribution is 2.24. The summed E-state index contributed by atoms with van der Waals surface area (Å²) in [6.45, 7) is 7.41. The van der Waals surface area contributed by atoms with Crippen molar-refractivity contribution in [1.82, 2.24) is 10.3 Å². The van der Waals surface area contributed by atoms with Crippen LogP contribution in [-0.4, -0.2) is 36.1 Å². The average Bonchev–Trinajstić information content (AvgIpc) is 2.42. The summed E-state index contributed by atoms with van der Waals surface area (Å²) >= 11 is 5.41. The summed E-state index contributed by atoms with van der Waals surface area (Å²) in [5, 5.41) is 3.48. The lowest BCUT2D eigenvalue weighted by Crippen LogP contribution is -2.35. The molecule has 5 heteroatoms. The number of rotatable bonds is 8. The van der Waals surface area contributed by atoms with Crippen LogP contribution in [0, 0.1) is 0 Å². The number of hydrogen-bond acceptors (Lipinski definition) is 4. The van der Waals surface area contributed by atoms with Gasteiger partial charge in [0.2, 0.25) is 0 Å². The van der Waals surface area contributed by atoms with Crippen LogP contribution < -0.4 is 10.2 Å². The van der Waals surface area contributed by atoms with Crippen molar-refractivity contribution in [2.24, 2.45) is 0 Å². The summed E-state index contributed by atoms with van der Waals surface area (Å²) in [6.07, 6.45) is 5.18. The molecule has 0 aliphatic heterocycles. The number of thioether (sulfide) groups is 1. The topological polar surface area (TPSA) is 28.2 Å². The second-order valence-electron chi connectivity index (χ2n) is 5.30. The highest BCUT2D eigenvalue weighted by atomic mass is 79.9. The molecule has 114 valence electrons. The monoisotopic (exact) mass is 359 g/mol. The van der Waals surface area contributed by atoms with Gasteiger partial charge in [-0.05, 0) is 34.7 Å². The molecule has 0 aliphatic carbocycles. The van der Waals surface area contributed by atoms with Gasteiger partial charge in [-0.2, -0.15) is 11.8 Å². The van der Waals surface area contributed by atoms with Gasteiger partial charge in [-0.1, -0.05) is 20.8 Å². The molecular formula is C15H26BrN3S. The Hall–Kier alpha value is -0.260. The first kappa shape index (κ1) is 17.8. The van der Waals surface area contributed by atoms with Gasteiger partial charge in [-0.15, -0.1) is 0 Å². The first-order valence-corrected chi connectivity index (χ1v) is 9.27. The van der Waals surface area contributed by atoms with Crippen LogP contribution in [0.2, 0.25) is 0 Å². The molecule has 1 atom stereocenters. The number of pyridine rings is 1. The Morgan fingerprint density at radius 2 is 2.15 bits per heavy atom. The fourth-order valence-corrected chi connectivity index (χ4v) is 3.33. The highest BCUT2D eigenvalue weighted by Gasteiger charge is 2.17. The van der Waals surface area contributed by atoms with E-state index in [1.165, 1.54) is 5.56 Å². The molecule has 0 spiro atoms. The minimum absolute atomic E-state index is 0.473. The number of halogens is 1. The minimum Gasteiger partial charge on any atom is -0.356 e. The fraction of sp³-hybridized carbons (Fsp3) is 0.667. The molecule has 0 radical (unpaired) electrons. The van der Waals surface area contributed by atoms with E-state index in [1.807, 2.05) is 18.0 Å². The predicted molar refractivity (Wildman–Crippen MR) is 94.8 cm³/mol. The van der Waals surface area contributed by atoms with Crippen molar-refractivity contribution in [1.29, 1.82) is 0 Å². The van der Waals surface area contributed by atoms with E-state index >= 15 is 0 Å². The molecule has 0 saturated carbocycles. The molecule has 1 rings (SSSR count). The third-order valence-corrected chi connectivity index (χ3v) is 4.47. The molecule has 0 aliphatic rings. The van der Waals surface area contributed by atoms with Gasteiger partial charge in [0, 0.05) is 47.7 Å². The summed E-state index contributed by atoms with van der Waals surface area (Å²) in [6, 6.07) is 3.16. The van der Waals surface area contributed by atoms with Gasteiger partial charge in [0.15, 0.2) is 0 Å². The van der Waals surface area contributed by atoms with Crippen molar-refractivity contribution < 1.29 is 0 Å². The second kappa shape index (κ2) is 8.90. The molecule has 0 saturated heterocycles. The van der Waals surface area contributed by atoms with Crippen LogP contribution in [0.25, 0.3) is 0 Å². The van der Waals surface area contributed by atoms with Crippen LogP contribution in [0.15, 0.2) is 16.7 Å². The SMILES string of the molecule is CCC(CSC)N(C)c1ncc(Br)cc1CNC(C)C. The maximum atomic E-state index is 4.64. The van der Waals surface area contributed by atoms with Gasteiger partial charge in [-0.3, -0.25) is 0 Å². The van der Waals surface area contributed by atoms with Crippen molar-refractivity contribution in [3.05, 3.63) is 22.3 Å². The molecule has 0 fully saturated rings. The van der Waals surface area contributed by atoms with Crippen molar-refractivity contribution in [3.63, 3.8) is 0 Å². The number of anilines is 1. The average molecular weight is 360 g/mol. The van der Waals surface area contributed by atoms with Crippen LogP contribution >= 0.6 is 27.7 Å². The second-order valence-corrected chi connectivity index (χ2v) is 7.13. The van der Waals surface area contributed by atoms with Gasteiger partial charge in [0.1, 0.15) is 5.82 Å². The zero-order chi connectivity index (χ0) is 15.1. The van der Waals surface area contributed by atoms with E-state index in [2.05, 4.69) is 71.3 Å². The maximum absolute atomic E-state index is 4.64. The first-order valence-electron chi connectivity index (χ1n) is 7.09. The number of aromatic nitrogens is 1. The Morgan fingerprint density at radius 1 is 1.45 bits per heavy atom. The van der Waals surface area contributed by atoms with Gasteiger partial charge in [0.25, 0.3) is 0 Å². The van der Waals surface area contributed by atoms with Crippen molar-refractivity contribution in [2.75, 3.05) is 24.0 Å². The molecular weight excluding hydrogens is 334 g/mol. The number of nitrogens with zero attached hydrogens (tertiary/aromatic N) is 2. The third kappa shape index (κ3) is 5.26. The van der Waals surface area contributed by atoms with E-state index in [4.69, 9.17) is 0 Å². The van der Waals surface area contributed by atoms with E-state index in [9.17, 15) is 0 Å². The van der Waals surface area contributed by atoms with E-state index in [0.717, 1.165) is 29.0 Å². The van der Waals surface area contributed by atoms with E-state index in [0.29, 0.717) is 12.1 Å². The molecule has 3 nitrogen and oxygen atoms in total. The Labute approximate surface area is 136 Å². The number of nitrogens with one attached hydrogen (secondary N) is 1. The van der Waals surface area contributed by atoms with Crippen LogP contribution in [0.1, 0.15) is 32.8 Å². The zero-order valence-electron chi connectivity index (χ0n) is 13.1. The third-order valence-electron chi connectivity index (χ3n) is 3.32. The maximum Gasteiger partial charge on any atom is 0.133 e. The van der Waals surface area contributed by atoms with Crippen LogP contribution in [0.3, 0.4) is 0 Å². The minimum atomic E-state index is 0.473. The summed E-state index contributed by atoms with van der Waals surface area (Å²) in [5.74, 6) is 2.21. The number of hydrogen-bond donors (Lipinski definition) is 1. The lowest BCUT2D eigenvalue weighted by Gasteiger charge is -2.29. The quantitative estimate of drug-likeness (QED) is 0.761. The fourth-order valence-electron chi connectivity index (χ4n) is 2.10. The molecule has 20 heavy (non-hydrogen) atoms. The summed E-state index contributed by atoms with van der Waals surface area (Å²) in [4.78, 5) is 6.96. The lowest BCUT2D eigenvalue weighted by molar-refractivity contribution is 0.583. The summed E-state index contributed by atoms with van der Waals surface area (Å²) in [5.41, 5.74) is 1.25. The van der Waals surface area contributed by atoms with E-state index in [1.54, 1.807) is 0 Å². The highest BCUT2D eigenvalue weighted by molar-refractivity contribution is 9.10. The molecule has 1 aromatic heterocycles. The smallest absolute Gasteiger partial charge is 0.133 e.